The number of nitrogens with one attached hydrogen (secondary N) is 2. The molecule has 24 heavy (non-hydrogen) atoms. The van der Waals surface area contributed by atoms with E-state index in [9.17, 15) is 0 Å². The predicted octanol–water partition coefficient (Wildman–Crippen LogP) is 2.81. The SMILES string of the molecule is CCNC(=NCc1ccnc(OCC)c1)NCc1nc(C)c(C)s1. The highest BCUT2D eigenvalue weighted by Gasteiger charge is 2.05. The van der Waals surface area contributed by atoms with Crippen molar-refractivity contribution in [3.63, 3.8) is 0 Å². The highest BCUT2D eigenvalue weighted by molar-refractivity contribution is 7.11. The monoisotopic (exact) mass is 347 g/mol. The molecule has 0 unspecified atom stereocenters. The Morgan fingerprint density at radius 2 is 2.12 bits per heavy atom. The van der Waals surface area contributed by atoms with Gasteiger partial charge in [0.15, 0.2) is 5.96 Å². The first-order chi connectivity index (χ1) is 11.6. The molecule has 0 amide bonds. The minimum atomic E-state index is 0.563. The second-order valence-corrected chi connectivity index (χ2v) is 6.52. The molecule has 0 radical (unpaired) electrons. The van der Waals surface area contributed by atoms with Crippen LogP contribution in [0.1, 0.15) is 35.0 Å². The third-order valence-corrected chi connectivity index (χ3v) is 4.41. The van der Waals surface area contributed by atoms with Crippen molar-refractivity contribution in [2.75, 3.05) is 13.2 Å². The molecule has 6 nitrogen and oxygen atoms in total. The van der Waals surface area contributed by atoms with Gasteiger partial charge >= 0.3 is 0 Å². The molecule has 2 aromatic heterocycles. The molecule has 0 atom stereocenters. The van der Waals surface area contributed by atoms with Gasteiger partial charge in [-0.15, -0.1) is 11.3 Å². The van der Waals surface area contributed by atoms with Crippen LogP contribution in [0.15, 0.2) is 23.3 Å². The van der Waals surface area contributed by atoms with E-state index >= 15 is 0 Å². The fourth-order valence-corrected chi connectivity index (χ4v) is 2.94. The lowest BCUT2D eigenvalue weighted by Crippen LogP contribution is -2.36. The van der Waals surface area contributed by atoms with Gasteiger partial charge in [-0.1, -0.05) is 0 Å². The summed E-state index contributed by atoms with van der Waals surface area (Å²) in [6.45, 7) is 10.8. The molecule has 0 fully saturated rings. The molecule has 0 aliphatic heterocycles. The summed E-state index contributed by atoms with van der Waals surface area (Å²) in [7, 11) is 0. The van der Waals surface area contributed by atoms with Crippen molar-refractivity contribution in [3.05, 3.63) is 39.5 Å². The van der Waals surface area contributed by atoms with Crippen molar-refractivity contribution in [2.24, 2.45) is 4.99 Å². The van der Waals surface area contributed by atoms with E-state index in [0.29, 0.717) is 25.6 Å². The van der Waals surface area contributed by atoms with Crippen LogP contribution in [0.5, 0.6) is 5.88 Å². The fourth-order valence-electron chi connectivity index (χ4n) is 2.06. The van der Waals surface area contributed by atoms with E-state index in [0.717, 1.165) is 28.8 Å². The normalized spacial score (nSPS) is 11.4. The molecule has 130 valence electrons. The van der Waals surface area contributed by atoms with Crippen molar-refractivity contribution in [3.8, 4) is 5.88 Å². The highest BCUT2D eigenvalue weighted by Crippen LogP contribution is 2.16. The number of guanidine groups is 1. The van der Waals surface area contributed by atoms with E-state index in [1.165, 1.54) is 4.88 Å². The number of nitrogens with zero attached hydrogens (tertiary/aromatic N) is 3. The van der Waals surface area contributed by atoms with Crippen LogP contribution in [0, 0.1) is 13.8 Å². The van der Waals surface area contributed by atoms with Gasteiger partial charge in [0.2, 0.25) is 5.88 Å². The summed E-state index contributed by atoms with van der Waals surface area (Å²) in [4.78, 5) is 14.6. The van der Waals surface area contributed by atoms with Crippen LogP contribution in [0.3, 0.4) is 0 Å². The van der Waals surface area contributed by atoms with E-state index in [2.05, 4.69) is 39.4 Å². The number of ether oxygens (including phenoxy) is 1. The van der Waals surface area contributed by atoms with Crippen LogP contribution >= 0.6 is 11.3 Å². The van der Waals surface area contributed by atoms with Gasteiger partial charge < -0.3 is 15.4 Å². The number of pyridine rings is 1. The summed E-state index contributed by atoms with van der Waals surface area (Å²) in [5.74, 6) is 1.41. The zero-order valence-corrected chi connectivity index (χ0v) is 15.5. The minimum Gasteiger partial charge on any atom is -0.478 e. The third kappa shape index (κ3) is 5.49. The van der Waals surface area contributed by atoms with E-state index < -0.39 is 0 Å². The van der Waals surface area contributed by atoms with Gasteiger partial charge in [-0.3, -0.25) is 0 Å². The Labute approximate surface area is 147 Å². The number of hydrogen-bond donors (Lipinski definition) is 2. The van der Waals surface area contributed by atoms with Crippen LogP contribution in [-0.2, 0) is 13.1 Å². The van der Waals surface area contributed by atoms with Crippen molar-refractivity contribution in [2.45, 2.75) is 40.8 Å². The maximum absolute atomic E-state index is 5.42. The number of hydrogen-bond acceptors (Lipinski definition) is 5. The molecule has 0 aliphatic rings. The molecule has 2 aromatic rings. The molecule has 2 N–H and O–H groups in total. The fraction of sp³-hybridized carbons (Fsp3) is 0.471. The van der Waals surface area contributed by atoms with Gasteiger partial charge in [-0.25, -0.2) is 15.0 Å². The topological polar surface area (TPSA) is 71.4 Å². The Balaban J connectivity index is 1.98. The van der Waals surface area contributed by atoms with Crippen LogP contribution < -0.4 is 15.4 Å². The second kappa shape index (κ2) is 9.22. The summed E-state index contributed by atoms with van der Waals surface area (Å²) in [6, 6.07) is 3.87. The average Bonchev–Trinajstić information content (AvgIpc) is 2.89. The van der Waals surface area contributed by atoms with Crippen molar-refractivity contribution in [1.29, 1.82) is 0 Å². The molecule has 0 aliphatic carbocycles. The first kappa shape index (κ1) is 18.2. The summed E-state index contributed by atoms with van der Waals surface area (Å²) in [5.41, 5.74) is 2.16. The number of aryl methyl sites for hydroxylation is 2. The van der Waals surface area contributed by atoms with E-state index in [1.807, 2.05) is 26.0 Å². The summed E-state index contributed by atoms with van der Waals surface area (Å²) < 4.78 is 5.42. The highest BCUT2D eigenvalue weighted by atomic mass is 32.1. The largest absolute Gasteiger partial charge is 0.478 e. The third-order valence-electron chi connectivity index (χ3n) is 3.34. The lowest BCUT2D eigenvalue weighted by Gasteiger charge is -2.10. The molecule has 0 spiro atoms. The standard InChI is InChI=1S/C17H25N5OS/c1-5-18-17(21-11-16-22-12(3)13(4)24-16)20-10-14-7-8-19-15(9-14)23-6-2/h7-9H,5-6,10-11H2,1-4H3,(H2,18,20,21). The van der Waals surface area contributed by atoms with Gasteiger partial charge in [-0.2, -0.15) is 0 Å². The second-order valence-electron chi connectivity index (χ2n) is 5.23. The van der Waals surface area contributed by atoms with Gasteiger partial charge in [0.05, 0.1) is 25.4 Å². The number of rotatable bonds is 7. The van der Waals surface area contributed by atoms with Crippen molar-refractivity contribution in [1.82, 2.24) is 20.6 Å². The quantitative estimate of drug-likeness (QED) is 0.595. The Morgan fingerprint density at radius 3 is 2.79 bits per heavy atom. The predicted molar refractivity (Wildman–Crippen MR) is 98.6 cm³/mol. The Hall–Kier alpha value is -2.15. The van der Waals surface area contributed by atoms with Gasteiger partial charge in [0.1, 0.15) is 5.01 Å². The van der Waals surface area contributed by atoms with E-state index in [-0.39, 0.29) is 0 Å². The van der Waals surface area contributed by atoms with Gasteiger partial charge in [0.25, 0.3) is 0 Å². The zero-order chi connectivity index (χ0) is 17.4. The summed E-state index contributed by atoms with van der Waals surface area (Å²) in [6.07, 6.45) is 1.75. The average molecular weight is 347 g/mol. The molecule has 2 rings (SSSR count). The van der Waals surface area contributed by atoms with Gasteiger partial charge in [-0.05, 0) is 39.3 Å². The van der Waals surface area contributed by atoms with Crippen LogP contribution in [0.4, 0.5) is 0 Å². The first-order valence-corrected chi connectivity index (χ1v) is 8.96. The lowest BCUT2D eigenvalue weighted by molar-refractivity contribution is 0.326. The van der Waals surface area contributed by atoms with Crippen LogP contribution in [0.2, 0.25) is 0 Å². The summed E-state index contributed by atoms with van der Waals surface area (Å²) >= 11 is 1.72. The molecular weight excluding hydrogens is 322 g/mol. The maximum Gasteiger partial charge on any atom is 0.213 e. The van der Waals surface area contributed by atoms with Crippen molar-refractivity contribution >= 4 is 17.3 Å². The molecular formula is C17H25N5OS. The minimum absolute atomic E-state index is 0.563. The number of aliphatic imine (C=N–C) groups is 1. The molecule has 7 heteroatoms. The smallest absolute Gasteiger partial charge is 0.213 e. The Morgan fingerprint density at radius 1 is 1.29 bits per heavy atom. The molecule has 0 saturated carbocycles. The Bertz CT molecular complexity index is 664. The summed E-state index contributed by atoms with van der Waals surface area (Å²) in [5, 5.41) is 7.65. The van der Waals surface area contributed by atoms with Crippen molar-refractivity contribution < 1.29 is 4.74 Å². The molecule has 2 heterocycles. The molecule has 0 aromatic carbocycles. The zero-order valence-electron chi connectivity index (χ0n) is 14.7. The first-order valence-electron chi connectivity index (χ1n) is 8.15. The number of thiazole rings is 1. The molecule has 0 bridgehead atoms. The Kier molecular flexibility index (Phi) is 6.99. The van der Waals surface area contributed by atoms with Crippen LogP contribution in [-0.4, -0.2) is 29.1 Å². The number of aromatic nitrogens is 2. The van der Waals surface area contributed by atoms with E-state index in [4.69, 9.17) is 4.74 Å². The molecule has 0 saturated heterocycles. The van der Waals surface area contributed by atoms with E-state index in [1.54, 1.807) is 17.5 Å². The van der Waals surface area contributed by atoms with Gasteiger partial charge in [0, 0.05) is 23.7 Å². The lowest BCUT2D eigenvalue weighted by atomic mass is 10.3. The van der Waals surface area contributed by atoms with Crippen LogP contribution in [0.25, 0.3) is 0 Å². The maximum atomic E-state index is 5.42.